The first-order valence-electron chi connectivity index (χ1n) is 8.75. The lowest BCUT2D eigenvalue weighted by Crippen LogP contribution is -2.21. The quantitative estimate of drug-likeness (QED) is 0.254. The first-order valence-corrected chi connectivity index (χ1v) is 9.92. The summed E-state index contributed by atoms with van der Waals surface area (Å²) in [6.45, 7) is 1.73. The van der Waals surface area contributed by atoms with Crippen LogP contribution in [0, 0.1) is 10.1 Å². The molecule has 0 fully saturated rings. The second kappa shape index (κ2) is 7.89. The molecule has 0 radical (unpaired) electrons. The maximum atomic E-state index is 12.8. The van der Waals surface area contributed by atoms with Crippen LogP contribution in [0.1, 0.15) is 12.7 Å². The normalized spacial score (nSPS) is 15.0. The van der Waals surface area contributed by atoms with Crippen LogP contribution in [0.4, 0.5) is 11.4 Å². The zero-order valence-corrected chi connectivity index (χ0v) is 17.8. The van der Waals surface area contributed by atoms with Crippen LogP contribution in [-0.2, 0) is 4.79 Å². The van der Waals surface area contributed by atoms with Crippen LogP contribution in [0.15, 0.2) is 74.2 Å². The Bertz CT molecular complexity index is 1250. The minimum absolute atomic E-state index is 0.0603. The lowest BCUT2D eigenvalue weighted by atomic mass is 10.1. The number of nitrogens with zero attached hydrogens (tertiary/aromatic N) is 3. The van der Waals surface area contributed by atoms with Gasteiger partial charge < -0.3 is 4.42 Å². The first kappa shape index (κ1) is 20.1. The highest BCUT2D eigenvalue weighted by molar-refractivity contribution is 9.10. The maximum Gasteiger partial charge on any atom is 0.284 e. The monoisotopic (exact) mass is 485 g/mol. The van der Waals surface area contributed by atoms with Crippen molar-refractivity contribution in [2.24, 2.45) is 5.10 Å². The van der Waals surface area contributed by atoms with Crippen molar-refractivity contribution in [3.8, 4) is 11.3 Å². The Hall–Kier alpha value is -3.23. The molecular formula is C21H13BrClN3O4. The second-order valence-electron chi connectivity index (χ2n) is 6.47. The van der Waals surface area contributed by atoms with E-state index in [1.54, 1.807) is 61.5 Å². The molecule has 0 saturated heterocycles. The smallest absolute Gasteiger partial charge is 0.284 e. The highest BCUT2D eigenvalue weighted by atomic mass is 79.9. The number of nitro groups is 1. The number of carbonyl (C=O) groups excluding carboxylic acids is 1. The highest BCUT2D eigenvalue weighted by Gasteiger charge is 2.29. The van der Waals surface area contributed by atoms with Gasteiger partial charge in [-0.25, -0.2) is 0 Å². The summed E-state index contributed by atoms with van der Waals surface area (Å²) in [7, 11) is 0. The average Bonchev–Trinajstić information content (AvgIpc) is 3.28. The van der Waals surface area contributed by atoms with Crippen LogP contribution >= 0.6 is 27.5 Å². The van der Waals surface area contributed by atoms with Gasteiger partial charge in [0.15, 0.2) is 0 Å². The number of furan rings is 1. The molecular weight excluding hydrogens is 474 g/mol. The SMILES string of the molecule is CC1=NN(c2cccc(Cl)c2)C(=O)C1=Cc1ccc(-c2ccc(Br)c([N+](=O)[O-])c2)o1. The molecule has 0 bridgehead atoms. The van der Waals surface area contributed by atoms with E-state index in [0.717, 1.165) is 0 Å². The van der Waals surface area contributed by atoms with Crippen LogP contribution in [0.25, 0.3) is 17.4 Å². The highest BCUT2D eigenvalue weighted by Crippen LogP contribution is 2.32. The topological polar surface area (TPSA) is 89.0 Å². The van der Waals surface area contributed by atoms with Gasteiger partial charge in [-0.1, -0.05) is 17.7 Å². The predicted octanol–water partition coefficient (Wildman–Crippen LogP) is 6.08. The fourth-order valence-electron chi connectivity index (χ4n) is 3.00. The second-order valence-corrected chi connectivity index (χ2v) is 7.76. The minimum atomic E-state index is -0.471. The summed E-state index contributed by atoms with van der Waals surface area (Å²) in [6.07, 6.45) is 1.60. The number of hydrazone groups is 1. The van der Waals surface area contributed by atoms with E-state index in [9.17, 15) is 14.9 Å². The lowest BCUT2D eigenvalue weighted by Gasteiger charge is -2.11. The number of amides is 1. The molecule has 1 amide bonds. The van der Waals surface area contributed by atoms with E-state index in [2.05, 4.69) is 21.0 Å². The molecule has 0 N–H and O–H groups in total. The Labute approximate surface area is 184 Å². The van der Waals surface area contributed by atoms with Crippen LogP contribution in [0.2, 0.25) is 5.02 Å². The van der Waals surface area contributed by atoms with E-state index < -0.39 is 4.92 Å². The van der Waals surface area contributed by atoms with E-state index in [1.807, 2.05) is 0 Å². The number of anilines is 1. The molecule has 7 nitrogen and oxygen atoms in total. The molecule has 0 spiro atoms. The van der Waals surface area contributed by atoms with E-state index in [1.165, 1.54) is 11.1 Å². The summed E-state index contributed by atoms with van der Waals surface area (Å²) in [6, 6.07) is 15.0. The molecule has 0 saturated carbocycles. The molecule has 1 aliphatic heterocycles. The van der Waals surface area contributed by atoms with Gasteiger partial charge in [0, 0.05) is 16.7 Å². The summed E-state index contributed by atoms with van der Waals surface area (Å²) >= 11 is 9.18. The molecule has 4 rings (SSSR count). The van der Waals surface area contributed by atoms with Crippen molar-refractivity contribution in [2.45, 2.75) is 6.92 Å². The van der Waals surface area contributed by atoms with Crippen molar-refractivity contribution in [2.75, 3.05) is 5.01 Å². The van der Waals surface area contributed by atoms with Gasteiger partial charge in [0.25, 0.3) is 11.6 Å². The van der Waals surface area contributed by atoms with E-state index in [4.69, 9.17) is 16.0 Å². The maximum absolute atomic E-state index is 12.8. The van der Waals surface area contributed by atoms with Gasteiger partial charge in [0.1, 0.15) is 11.5 Å². The molecule has 150 valence electrons. The molecule has 1 aromatic heterocycles. The van der Waals surface area contributed by atoms with Crippen molar-refractivity contribution in [3.05, 3.63) is 85.5 Å². The average molecular weight is 487 g/mol. The van der Waals surface area contributed by atoms with Gasteiger partial charge in [0.2, 0.25) is 0 Å². The summed E-state index contributed by atoms with van der Waals surface area (Å²) in [5, 5.41) is 17.3. The summed E-state index contributed by atoms with van der Waals surface area (Å²) < 4.78 is 6.19. The third kappa shape index (κ3) is 3.79. The third-order valence-corrected chi connectivity index (χ3v) is 5.36. The minimum Gasteiger partial charge on any atom is -0.457 e. The van der Waals surface area contributed by atoms with Crippen LogP contribution in [0.5, 0.6) is 0 Å². The van der Waals surface area contributed by atoms with Crippen LogP contribution in [0.3, 0.4) is 0 Å². The lowest BCUT2D eigenvalue weighted by molar-refractivity contribution is -0.385. The zero-order chi connectivity index (χ0) is 21.4. The van der Waals surface area contributed by atoms with E-state index in [-0.39, 0.29) is 11.6 Å². The van der Waals surface area contributed by atoms with Gasteiger partial charge >= 0.3 is 0 Å². The van der Waals surface area contributed by atoms with E-state index in [0.29, 0.717) is 43.6 Å². The van der Waals surface area contributed by atoms with Crippen LogP contribution in [-0.4, -0.2) is 16.5 Å². The molecule has 3 aromatic rings. The molecule has 0 unspecified atom stereocenters. The zero-order valence-electron chi connectivity index (χ0n) is 15.5. The Morgan fingerprint density at radius 1 is 1.20 bits per heavy atom. The van der Waals surface area contributed by atoms with Gasteiger partial charge in [-0.05, 0) is 71.4 Å². The Balaban J connectivity index is 1.63. The molecule has 0 atom stereocenters. The van der Waals surface area contributed by atoms with Crippen molar-refractivity contribution in [1.29, 1.82) is 0 Å². The number of halogens is 2. The predicted molar refractivity (Wildman–Crippen MR) is 119 cm³/mol. The number of benzene rings is 2. The van der Waals surface area contributed by atoms with Crippen molar-refractivity contribution in [3.63, 3.8) is 0 Å². The fourth-order valence-corrected chi connectivity index (χ4v) is 3.58. The van der Waals surface area contributed by atoms with Crippen molar-refractivity contribution >= 4 is 56.6 Å². The number of hydrogen-bond acceptors (Lipinski definition) is 5. The first-order chi connectivity index (χ1) is 14.3. The Kier molecular flexibility index (Phi) is 5.27. The Morgan fingerprint density at radius 2 is 2.00 bits per heavy atom. The summed E-state index contributed by atoms with van der Waals surface area (Å²) in [5.74, 6) is 0.581. The Morgan fingerprint density at radius 3 is 2.73 bits per heavy atom. The van der Waals surface area contributed by atoms with Gasteiger partial charge in [-0.2, -0.15) is 10.1 Å². The molecule has 30 heavy (non-hydrogen) atoms. The molecule has 2 aromatic carbocycles. The number of hydrogen-bond donors (Lipinski definition) is 0. The third-order valence-electron chi connectivity index (χ3n) is 4.46. The van der Waals surface area contributed by atoms with Crippen molar-refractivity contribution < 1.29 is 14.1 Å². The number of carbonyl (C=O) groups is 1. The van der Waals surface area contributed by atoms with Crippen LogP contribution < -0.4 is 5.01 Å². The van der Waals surface area contributed by atoms with E-state index >= 15 is 0 Å². The molecule has 0 aliphatic carbocycles. The number of rotatable bonds is 4. The largest absolute Gasteiger partial charge is 0.457 e. The molecule has 9 heteroatoms. The van der Waals surface area contributed by atoms with Crippen molar-refractivity contribution in [1.82, 2.24) is 0 Å². The summed E-state index contributed by atoms with van der Waals surface area (Å²) in [4.78, 5) is 23.5. The van der Waals surface area contributed by atoms with Gasteiger partial charge in [-0.3, -0.25) is 14.9 Å². The fraction of sp³-hybridized carbons (Fsp3) is 0.0476. The van der Waals surface area contributed by atoms with Gasteiger partial charge in [0.05, 0.1) is 26.4 Å². The summed E-state index contributed by atoms with van der Waals surface area (Å²) in [5.41, 5.74) is 1.99. The molecule has 1 aliphatic rings. The standard InChI is InChI=1S/C21H13BrClN3O4/c1-12-17(21(27)25(24-12)15-4-2-3-14(23)10-15)11-16-6-8-20(30-16)13-5-7-18(22)19(9-13)26(28)29/h2-11H,1H3. The van der Waals surface area contributed by atoms with Gasteiger partial charge in [-0.15, -0.1) is 0 Å². The molecule has 2 heterocycles. The number of nitro benzene ring substituents is 1.